The number of alkyl halides is 3. The van der Waals surface area contributed by atoms with E-state index in [4.69, 9.17) is 0 Å². The normalized spacial score (nSPS) is 11.6. The van der Waals surface area contributed by atoms with Crippen LogP contribution < -0.4 is 5.32 Å². The zero-order valence-electron chi connectivity index (χ0n) is 19.2. The quantitative estimate of drug-likeness (QED) is 0.199. The summed E-state index contributed by atoms with van der Waals surface area (Å²) in [7, 11) is 0. The van der Waals surface area contributed by atoms with Gasteiger partial charge in [-0.25, -0.2) is 0 Å². The number of para-hydroxylation sites is 1. The summed E-state index contributed by atoms with van der Waals surface area (Å²) in [6.07, 6.45) is -2.33. The maximum absolute atomic E-state index is 13.8. The molecular formula is C30H22F3IN2. The number of halogens is 4. The van der Waals surface area contributed by atoms with Gasteiger partial charge in [-0.3, -0.25) is 4.98 Å². The van der Waals surface area contributed by atoms with Crippen LogP contribution in [0.1, 0.15) is 22.3 Å². The number of rotatable bonds is 6. The van der Waals surface area contributed by atoms with Crippen LogP contribution in [0.5, 0.6) is 0 Å². The number of hydrogen-bond donors (Lipinski definition) is 1. The third kappa shape index (κ3) is 5.38. The summed E-state index contributed by atoms with van der Waals surface area (Å²) in [5, 5.41) is 3.95. The number of pyridine rings is 1. The van der Waals surface area contributed by atoms with Gasteiger partial charge in [-0.2, -0.15) is 13.2 Å². The second kappa shape index (κ2) is 10.3. The highest BCUT2D eigenvalue weighted by Crippen LogP contribution is 2.39. The van der Waals surface area contributed by atoms with Crippen LogP contribution in [0.4, 0.5) is 18.9 Å². The second-order valence-electron chi connectivity index (χ2n) is 8.58. The van der Waals surface area contributed by atoms with Crippen LogP contribution in [0.2, 0.25) is 0 Å². The van der Waals surface area contributed by atoms with Gasteiger partial charge in [0.2, 0.25) is 0 Å². The average molecular weight is 594 g/mol. The Balaban J connectivity index is 1.61. The number of nitrogens with zero attached hydrogens (tertiary/aromatic N) is 1. The number of aromatic nitrogens is 1. The van der Waals surface area contributed by atoms with Crippen molar-refractivity contribution in [2.24, 2.45) is 0 Å². The number of nitrogens with one attached hydrogen (secondary N) is 1. The van der Waals surface area contributed by atoms with Gasteiger partial charge < -0.3 is 5.32 Å². The number of fused-ring (bicyclic) bond motifs is 1. The summed E-state index contributed by atoms with van der Waals surface area (Å²) >= 11 is 2.29. The van der Waals surface area contributed by atoms with Crippen LogP contribution >= 0.6 is 22.6 Å². The molecule has 6 heteroatoms. The van der Waals surface area contributed by atoms with Gasteiger partial charge in [0.1, 0.15) is 0 Å². The van der Waals surface area contributed by atoms with Gasteiger partial charge in [-0.15, -0.1) is 0 Å². The van der Waals surface area contributed by atoms with Gasteiger partial charge in [0.15, 0.2) is 0 Å². The molecule has 5 aromatic rings. The van der Waals surface area contributed by atoms with E-state index in [1.165, 1.54) is 6.07 Å². The van der Waals surface area contributed by atoms with Gasteiger partial charge in [0.05, 0.1) is 11.1 Å². The summed E-state index contributed by atoms with van der Waals surface area (Å²) in [5.41, 5.74) is 4.86. The Hall–Kier alpha value is -3.39. The molecule has 0 unspecified atom stereocenters. The monoisotopic (exact) mass is 594 g/mol. The van der Waals surface area contributed by atoms with Crippen molar-refractivity contribution in [3.8, 4) is 11.1 Å². The van der Waals surface area contributed by atoms with Crippen molar-refractivity contribution < 1.29 is 13.2 Å². The van der Waals surface area contributed by atoms with E-state index < -0.39 is 11.7 Å². The molecule has 180 valence electrons. The Morgan fingerprint density at radius 1 is 0.778 bits per heavy atom. The summed E-state index contributed by atoms with van der Waals surface area (Å²) in [4.78, 5) is 4.30. The lowest BCUT2D eigenvalue weighted by molar-refractivity contribution is -0.136. The minimum absolute atomic E-state index is 0.0333. The Labute approximate surface area is 221 Å². The molecule has 0 aliphatic rings. The first-order valence-electron chi connectivity index (χ1n) is 11.5. The molecule has 2 nitrogen and oxygen atoms in total. The van der Waals surface area contributed by atoms with E-state index in [1.54, 1.807) is 12.3 Å². The van der Waals surface area contributed by atoms with Crippen LogP contribution in [0.25, 0.3) is 22.0 Å². The lowest BCUT2D eigenvalue weighted by Gasteiger charge is -2.17. The van der Waals surface area contributed by atoms with E-state index in [-0.39, 0.29) is 5.52 Å². The summed E-state index contributed by atoms with van der Waals surface area (Å²) in [5.74, 6) is 0. The van der Waals surface area contributed by atoms with E-state index in [9.17, 15) is 13.2 Å². The molecular weight excluding hydrogens is 572 g/mol. The fraction of sp³-hybridized carbons (Fsp3) is 0.100. The minimum Gasteiger partial charge on any atom is -0.381 e. The van der Waals surface area contributed by atoms with E-state index in [1.807, 2.05) is 66.7 Å². The zero-order chi connectivity index (χ0) is 25.1. The summed E-state index contributed by atoms with van der Waals surface area (Å²) < 4.78 is 42.6. The fourth-order valence-electron chi connectivity index (χ4n) is 4.42. The maximum atomic E-state index is 13.8. The van der Waals surface area contributed by atoms with Gasteiger partial charge >= 0.3 is 6.18 Å². The van der Waals surface area contributed by atoms with E-state index in [2.05, 4.69) is 45.0 Å². The number of benzene rings is 4. The molecule has 1 N–H and O–H groups in total. The Morgan fingerprint density at radius 2 is 1.53 bits per heavy atom. The first-order chi connectivity index (χ1) is 17.4. The predicted octanol–water partition coefficient (Wildman–Crippen LogP) is 8.73. The SMILES string of the molecule is FC(F)(F)c1cccc2c(-c3cccc(NCc4cccc(I)c4)c3)c(Cc3ccccc3)cnc12. The van der Waals surface area contributed by atoms with E-state index in [0.29, 0.717) is 18.4 Å². The molecule has 1 heterocycles. The Morgan fingerprint density at radius 3 is 2.31 bits per heavy atom. The highest BCUT2D eigenvalue weighted by Gasteiger charge is 2.33. The highest BCUT2D eigenvalue weighted by molar-refractivity contribution is 14.1. The van der Waals surface area contributed by atoms with Gasteiger partial charge in [0, 0.05) is 27.4 Å². The molecule has 36 heavy (non-hydrogen) atoms. The molecule has 4 aromatic carbocycles. The first-order valence-corrected chi connectivity index (χ1v) is 12.6. The molecule has 0 fully saturated rings. The standard InChI is InChI=1S/C30H22F3IN2/c31-30(32,33)27-14-6-13-26-28(23(19-36-29(26)27)15-20-7-2-1-3-8-20)22-10-5-12-25(17-22)35-18-21-9-4-11-24(34)16-21/h1-14,16-17,19,35H,15,18H2. The van der Waals surface area contributed by atoms with Crippen molar-refractivity contribution in [2.75, 3.05) is 5.32 Å². The van der Waals surface area contributed by atoms with Crippen LogP contribution in [0.3, 0.4) is 0 Å². The zero-order valence-corrected chi connectivity index (χ0v) is 21.3. The number of hydrogen-bond acceptors (Lipinski definition) is 2. The fourth-order valence-corrected chi connectivity index (χ4v) is 5.03. The van der Waals surface area contributed by atoms with Gasteiger partial charge in [-0.1, -0.05) is 66.7 Å². The molecule has 0 atom stereocenters. The molecule has 0 amide bonds. The predicted molar refractivity (Wildman–Crippen MR) is 148 cm³/mol. The Bertz CT molecular complexity index is 1510. The molecule has 0 bridgehead atoms. The average Bonchev–Trinajstić information content (AvgIpc) is 2.87. The minimum atomic E-state index is -4.48. The Kier molecular flexibility index (Phi) is 6.96. The third-order valence-electron chi connectivity index (χ3n) is 6.06. The molecule has 0 aliphatic carbocycles. The highest BCUT2D eigenvalue weighted by atomic mass is 127. The summed E-state index contributed by atoms with van der Waals surface area (Å²) in [6.45, 7) is 0.645. The topological polar surface area (TPSA) is 24.9 Å². The third-order valence-corrected chi connectivity index (χ3v) is 6.73. The van der Waals surface area contributed by atoms with Crippen LogP contribution in [-0.4, -0.2) is 4.98 Å². The lowest BCUT2D eigenvalue weighted by atomic mass is 9.91. The van der Waals surface area contributed by atoms with Crippen LogP contribution in [0, 0.1) is 3.57 Å². The molecule has 0 saturated heterocycles. The van der Waals surface area contributed by atoms with Crippen molar-refractivity contribution in [1.29, 1.82) is 0 Å². The molecule has 0 spiro atoms. The largest absolute Gasteiger partial charge is 0.418 e. The summed E-state index contributed by atoms with van der Waals surface area (Å²) in [6, 6.07) is 30.3. The maximum Gasteiger partial charge on any atom is 0.418 e. The van der Waals surface area contributed by atoms with Crippen molar-refractivity contribution in [3.05, 3.63) is 129 Å². The van der Waals surface area contributed by atoms with Crippen LogP contribution in [0.15, 0.2) is 103 Å². The number of anilines is 1. The molecule has 0 radical (unpaired) electrons. The lowest BCUT2D eigenvalue weighted by Crippen LogP contribution is -2.07. The van der Waals surface area contributed by atoms with Gasteiger partial charge in [-0.05, 0) is 87.2 Å². The van der Waals surface area contributed by atoms with Crippen molar-refractivity contribution in [1.82, 2.24) is 4.98 Å². The molecule has 1 aromatic heterocycles. The molecule has 0 saturated carbocycles. The van der Waals surface area contributed by atoms with E-state index >= 15 is 0 Å². The van der Waals surface area contributed by atoms with E-state index in [0.717, 1.165) is 43.1 Å². The molecule has 5 rings (SSSR count). The van der Waals surface area contributed by atoms with Crippen molar-refractivity contribution in [3.63, 3.8) is 0 Å². The van der Waals surface area contributed by atoms with Gasteiger partial charge in [0.25, 0.3) is 0 Å². The van der Waals surface area contributed by atoms with Crippen molar-refractivity contribution in [2.45, 2.75) is 19.1 Å². The first kappa shape index (κ1) is 24.3. The van der Waals surface area contributed by atoms with Crippen molar-refractivity contribution >= 4 is 39.2 Å². The smallest absolute Gasteiger partial charge is 0.381 e. The van der Waals surface area contributed by atoms with Crippen LogP contribution in [-0.2, 0) is 19.1 Å². The molecule has 0 aliphatic heterocycles. The second-order valence-corrected chi connectivity index (χ2v) is 9.83.